The first-order chi connectivity index (χ1) is 8.43. The standard InChI is InChI=1S/C12H17BrN4O/c1-7(2)17-11(10(13)6-15-17)12(18)9-5-14-16(4)8(9)3/h5-7,12,18H,1-4H3. The second kappa shape index (κ2) is 4.85. The van der Waals surface area contributed by atoms with E-state index in [1.54, 1.807) is 17.1 Å². The second-order valence-electron chi connectivity index (χ2n) is 4.63. The summed E-state index contributed by atoms with van der Waals surface area (Å²) in [5.74, 6) is 0. The van der Waals surface area contributed by atoms with E-state index in [9.17, 15) is 5.11 Å². The van der Waals surface area contributed by atoms with Crippen molar-refractivity contribution >= 4 is 15.9 Å². The van der Waals surface area contributed by atoms with Crippen LogP contribution in [0.3, 0.4) is 0 Å². The Morgan fingerprint density at radius 1 is 1.28 bits per heavy atom. The fourth-order valence-electron chi connectivity index (χ4n) is 1.95. The van der Waals surface area contributed by atoms with Gasteiger partial charge < -0.3 is 5.11 Å². The van der Waals surface area contributed by atoms with Gasteiger partial charge >= 0.3 is 0 Å². The van der Waals surface area contributed by atoms with Gasteiger partial charge in [-0.25, -0.2) is 0 Å². The highest BCUT2D eigenvalue weighted by molar-refractivity contribution is 9.10. The van der Waals surface area contributed by atoms with Crippen molar-refractivity contribution < 1.29 is 5.11 Å². The third-order valence-corrected chi connectivity index (χ3v) is 3.71. The molecule has 1 N–H and O–H groups in total. The van der Waals surface area contributed by atoms with Crippen molar-refractivity contribution in [3.05, 3.63) is 33.8 Å². The lowest BCUT2D eigenvalue weighted by Gasteiger charge is -2.16. The maximum Gasteiger partial charge on any atom is 0.125 e. The monoisotopic (exact) mass is 312 g/mol. The van der Waals surface area contributed by atoms with E-state index in [0.717, 1.165) is 21.4 Å². The number of rotatable bonds is 3. The summed E-state index contributed by atoms with van der Waals surface area (Å²) in [5.41, 5.74) is 2.52. The van der Waals surface area contributed by atoms with Crippen LogP contribution in [0.25, 0.3) is 0 Å². The van der Waals surface area contributed by atoms with Gasteiger partial charge in [-0.3, -0.25) is 9.36 Å². The van der Waals surface area contributed by atoms with Crippen LogP contribution in [-0.2, 0) is 7.05 Å². The lowest BCUT2D eigenvalue weighted by Crippen LogP contribution is -2.13. The number of hydrogen-bond donors (Lipinski definition) is 1. The zero-order chi connectivity index (χ0) is 13.4. The molecule has 1 atom stereocenters. The Balaban J connectivity index is 2.49. The Bertz CT molecular complexity index is 558. The zero-order valence-corrected chi connectivity index (χ0v) is 12.5. The lowest BCUT2D eigenvalue weighted by molar-refractivity contribution is 0.203. The Morgan fingerprint density at radius 3 is 2.44 bits per heavy atom. The summed E-state index contributed by atoms with van der Waals surface area (Å²) in [6.45, 7) is 6.01. The first-order valence-electron chi connectivity index (χ1n) is 5.83. The van der Waals surface area contributed by atoms with Gasteiger partial charge in [0.2, 0.25) is 0 Å². The maximum absolute atomic E-state index is 10.5. The van der Waals surface area contributed by atoms with Crippen LogP contribution in [0.4, 0.5) is 0 Å². The summed E-state index contributed by atoms with van der Waals surface area (Å²) in [6, 6.07) is 0.193. The molecule has 5 nitrogen and oxygen atoms in total. The van der Waals surface area contributed by atoms with Crippen LogP contribution in [0.1, 0.15) is 42.9 Å². The van der Waals surface area contributed by atoms with E-state index < -0.39 is 6.10 Å². The molecule has 1 unspecified atom stereocenters. The molecule has 6 heteroatoms. The SMILES string of the molecule is Cc1c(C(O)c2c(Br)cnn2C(C)C)cnn1C. The molecule has 98 valence electrons. The van der Waals surface area contributed by atoms with Crippen LogP contribution in [0.15, 0.2) is 16.9 Å². The van der Waals surface area contributed by atoms with Gasteiger partial charge in [-0.05, 0) is 36.7 Å². The smallest absolute Gasteiger partial charge is 0.125 e. The molecule has 2 heterocycles. The normalized spacial score (nSPS) is 13.3. The van der Waals surface area contributed by atoms with E-state index in [4.69, 9.17) is 0 Å². The average Bonchev–Trinajstić information content (AvgIpc) is 2.84. The number of nitrogens with zero attached hydrogens (tertiary/aromatic N) is 4. The second-order valence-corrected chi connectivity index (χ2v) is 5.48. The van der Waals surface area contributed by atoms with Crippen LogP contribution in [0, 0.1) is 6.92 Å². The van der Waals surface area contributed by atoms with Crippen molar-refractivity contribution in [1.29, 1.82) is 0 Å². The molecule has 0 amide bonds. The average molecular weight is 313 g/mol. The first kappa shape index (κ1) is 13.3. The van der Waals surface area contributed by atoms with Gasteiger partial charge in [-0.2, -0.15) is 10.2 Å². The number of aromatic nitrogens is 4. The molecule has 0 bridgehead atoms. The van der Waals surface area contributed by atoms with Gasteiger partial charge in [0.05, 0.1) is 22.6 Å². The van der Waals surface area contributed by atoms with E-state index in [-0.39, 0.29) is 6.04 Å². The van der Waals surface area contributed by atoms with Crippen molar-refractivity contribution in [2.75, 3.05) is 0 Å². The summed E-state index contributed by atoms with van der Waals surface area (Å²) in [4.78, 5) is 0. The van der Waals surface area contributed by atoms with E-state index in [0.29, 0.717) is 0 Å². The minimum absolute atomic E-state index is 0.193. The number of halogens is 1. The summed E-state index contributed by atoms with van der Waals surface area (Å²) in [7, 11) is 1.86. The summed E-state index contributed by atoms with van der Waals surface area (Å²) in [6.07, 6.45) is 2.69. The van der Waals surface area contributed by atoms with E-state index in [1.807, 2.05) is 32.5 Å². The Hall–Kier alpha value is -1.14. The quantitative estimate of drug-likeness (QED) is 0.946. The van der Waals surface area contributed by atoms with Gasteiger partial charge in [0.15, 0.2) is 0 Å². The Labute approximate surface area is 115 Å². The largest absolute Gasteiger partial charge is 0.382 e. The number of aliphatic hydroxyl groups excluding tert-OH is 1. The lowest BCUT2D eigenvalue weighted by atomic mass is 10.1. The van der Waals surface area contributed by atoms with Gasteiger partial charge in [-0.1, -0.05) is 0 Å². The van der Waals surface area contributed by atoms with Gasteiger partial charge in [0, 0.05) is 24.3 Å². The summed E-state index contributed by atoms with van der Waals surface area (Å²) >= 11 is 3.44. The van der Waals surface area contributed by atoms with Crippen LogP contribution in [0.2, 0.25) is 0 Å². The molecule has 18 heavy (non-hydrogen) atoms. The zero-order valence-electron chi connectivity index (χ0n) is 10.9. The number of hydrogen-bond acceptors (Lipinski definition) is 3. The van der Waals surface area contributed by atoms with Gasteiger partial charge in [-0.15, -0.1) is 0 Å². The van der Waals surface area contributed by atoms with Crippen molar-refractivity contribution in [3.8, 4) is 0 Å². The van der Waals surface area contributed by atoms with Crippen molar-refractivity contribution in [1.82, 2.24) is 19.6 Å². The van der Waals surface area contributed by atoms with Crippen LogP contribution >= 0.6 is 15.9 Å². The van der Waals surface area contributed by atoms with Crippen LogP contribution in [0.5, 0.6) is 0 Å². The molecular formula is C12H17BrN4O. The van der Waals surface area contributed by atoms with Gasteiger partial charge in [0.1, 0.15) is 6.10 Å². The molecule has 2 rings (SSSR count). The fraction of sp³-hybridized carbons (Fsp3) is 0.500. The molecule has 0 spiro atoms. The summed E-state index contributed by atoms with van der Waals surface area (Å²) < 4.78 is 4.39. The molecule has 0 saturated heterocycles. The minimum atomic E-state index is -0.724. The first-order valence-corrected chi connectivity index (χ1v) is 6.62. The van der Waals surface area contributed by atoms with Crippen molar-refractivity contribution in [3.63, 3.8) is 0 Å². The number of aliphatic hydroxyl groups is 1. The molecular weight excluding hydrogens is 296 g/mol. The predicted molar refractivity (Wildman–Crippen MR) is 72.3 cm³/mol. The van der Waals surface area contributed by atoms with Crippen LogP contribution < -0.4 is 0 Å². The Kier molecular flexibility index (Phi) is 3.59. The minimum Gasteiger partial charge on any atom is -0.382 e. The summed E-state index contributed by atoms with van der Waals surface area (Å²) in [5, 5.41) is 19.0. The fourth-order valence-corrected chi connectivity index (χ4v) is 2.44. The highest BCUT2D eigenvalue weighted by Gasteiger charge is 2.23. The third kappa shape index (κ3) is 2.10. The molecule has 0 saturated carbocycles. The van der Waals surface area contributed by atoms with Crippen molar-refractivity contribution in [2.24, 2.45) is 7.05 Å². The van der Waals surface area contributed by atoms with E-state index in [1.165, 1.54) is 0 Å². The maximum atomic E-state index is 10.5. The highest BCUT2D eigenvalue weighted by Crippen LogP contribution is 2.31. The molecule has 0 aliphatic heterocycles. The van der Waals surface area contributed by atoms with Crippen LogP contribution in [-0.4, -0.2) is 24.7 Å². The van der Waals surface area contributed by atoms with Gasteiger partial charge in [0.25, 0.3) is 0 Å². The molecule has 0 aliphatic carbocycles. The molecule has 2 aromatic heterocycles. The molecule has 0 fully saturated rings. The van der Waals surface area contributed by atoms with E-state index in [2.05, 4.69) is 26.1 Å². The molecule has 0 radical (unpaired) electrons. The number of aryl methyl sites for hydroxylation is 1. The highest BCUT2D eigenvalue weighted by atomic mass is 79.9. The third-order valence-electron chi connectivity index (χ3n) is 3.10. The Morgan fingerprint density at radius 2 is 1.94 bits per heavy atom. The van der Waals surface area contributed by atoms with E-state index >= 15 is 0 Å². The molecule has 0 aromatic carbocycles. The predicted octanol–water partition coefficient (Wildman–Crippen LogP) is 2.35. The molecule has 2 aromatic rings. The molecule has 0 aliphatic rings. The topological polar surface area (TPSA) is 55.9 Å². The van der Waals surface area contributed by atoms with Crippen molar-refractivity contribution in [2.45, 2.75) is 32.9 Å².